The van der Waals surface area contributed by atoms with Crippen LogP contribution < -0.4 is 15.4 Å². The minimum absolute atomic E-state index is 0.0804. The number of rotatable bonds is 20. The largest absolute Gasteiger partial charge is 0.485 e. The number of nitrogens with zero attached hydrogens (tertiary/aromatic N) is 1. The maximum atomic E-state index is 12.7. The molecule has 236 valence electrons. The molecule has 1 heterocycles. The Labute approximate surface area is 249 Å². The molecule has 2 N–H and O–H groups in total. The third-order valence-corrected chi connectivity index (χ3v) is 5.67. The lowest BCUT2D eigenvalue weighted by atomic mass is 10.1. The highest BCUT2D eigenvalue weighted by Crippen LogP contribution is 2.33. The fourth-order valence-electron chi connectivity index (χ4n) is 3.54. The standard InChI is InChI=1S/C17H18N2O5.C8H17NO3.C5H12O/c1-3-4-7-12(15(21)18-2)19-16(22)11-6-5-8-13(24-10-9-20)14(11)17(19)23;1-9-3-6-12-8-7-11-5-2-4-10;1-3-4-5-6-2/h3,5-6,8-9,12H,1,4,7,10H2,2H3,(H,18,21);4,9H,2-3,5-8H2,1H3;3-5H2,1-2H3. The quantitative estimate of drug-likeness (QED) is 0.0997. The number of hydrogen-bond donors (Lipinski definition) is 2. The Balaban J connectivity index is 0.000000777. The van der Waals surface area contributed by atoms with Crippen LogP contribution in [0.25, 0.3) is 0 Å². The van der Waals surface area contributed by atoms with Gasteiger partial charge in [0.05, 0.1) is 37.6 Å². The van der Waals surface area contributed by atoms with E-state index in [1.54, 1.807) is 19.3 Å². The molecular formula is C30H47N3O9. The van der Waals surface area contributed by atoms with Crippen molar-refractivity contribution in [1.29, 1.82) is 0 Å². The third kappa shape index (κ3) is 14.4. The number of amides is 3. The van der Waals surface area contributed by atoms with E-state index < -0.39 is 23.8 Å². The van der Waals surface area contributed by atoms with Gasteiger partial charge in [0.2, 0.25) is 5.91 Å². The molecule has 0 bridgehead atoms. The van der Waals surface area contributed by atoms with Crippen LogP contribution in [0.4, 0.5) is 0 Å². The molecule has 12 heteroatoms. The zero-order valence-corrected chi connectivity index (χ0v) is 25.4. The molecule has 1 aliphatic rings. The van der Waals surface area contributed by atoms with Crippen molar-refractivity contribution in [3.8, 4) is 5.75 Å². The highest BCUT2D eigenvalue weighted by molar-refractivity contribution is 6.24. The number of fused-ring (bicyclic) bond motifs is 1. The second kappa shape index (κ2) is 25.3. The van der Waals surface area contributed by atoms with Crippen molar-refractivity contribution in [2.24, 2.45) is 0 Å². The Bertz CT molecular complexity index is 952. The van der Waals surface area contributed by atoms with Crippen LogP contribution in [-0.4, -0.2) is 109 Å². The molecule has 1 atom stereocenters. The average Bonchev–Trinajstić information content (AvgIpc) is 3.26. The molecule has 2 rings (SSSR count). The number of unbranched alkanes of at least 4 members (excludes halogenated alkanes) is 1. The second-order valence-electron chi connectivity index (χ2n) is 8.76. The molecule has 1 aliphatic heterocycles. The van der Waals surface area contributed by atoms with Gasteiger partial charge in [0, 0.05) is 33.7 Å². The van der Waals surface area contributed by atoms with Crippen molar-refractivity contribution in [1.82, 2.24) is 15.5 Å². The smallest absolute Gasteiger partial charge is 0.266 e. The summed E-state index contributed by atoms with van der Waals surface area (Å²) in [5.41, 5.74) is 0.243. The number of ether oxygens (including phenoxy) is 4. The van der Waals surface area contributed by atoms with Crippen molar-refractivity contribution >= 4 is 30.3 Å². The molecule has 1 aromatic rings. The number of methoxy groups -OCH3 is 1. The van der Waals surface area contributed by atoms with Crippen molar-refractivity contribution in [2.45, 2.75) is 45.1 Å². The highest BCUT2D eigenvalue weighted by Gasteiger charge is 2.44. The molecule has 0 aromatic heterocycles. The molecule has 0 saturated carbocycles. The van der Waals surface area contributed by atoms with E-state index >= 15 is 0 Å². The van der Waals surface area contributed by atoms with E-state index in [1.165, 1.54) is 32.0 Å². The fourth-order valence-corrected chi connectivity index (χ4v) is 3.54. The van der Waals surface area contributed by atoms with Gasteiger partial charge in [-0.25, -0.2) is 0 Å². The number of carbonyl (C=O) groups is 5. The monoisotopic (exact) mass is 593 g/mol. The summed E-state index contributed by atoms with van der Waals surface area (Å²) in [6.45, 7) is 9.65. The number of nitrogens with one attached hydrogen (secondary N) is 2. The molecule has 0 fully saturated rings. The average molecular weight is 594 g/mol. The van der Waals surface area contributed by atoms with Gasteiger partial charge >= 0.3 is 0 Å². The van der Waals surface area contributed by atoms with E-state index in [9.17, 15) is 24.0 Å². The molecule has 0 aliphatic carbocycles. The first kappa shape index (κ1) is 38.5. The Hall–Kier alpha value is -3.45. The van der Waals surface area contributed by atoms with Gasteiger partial charge in [-0.3, -0.25) is 24.1 Å². The van der Waals surface area contributed by atoms with E-state index in [4.69, 9.17) is 18.9 Å². The molecule has 42 heavy (non-hydrogen) atoms. The van der Waals surface area contributed by atoms with Crippen molar-refractivity contribution < 1.29 is 42.9 Å². The predicted octanol–water partition coefficient (Wildman–Crippen LogP) is 2.20. The van der Waals surface area contributed by atoms with E-state index in [1.807, 2.05) is 7.05 Å². The first-order chi connectivity index (χ1) is 20.4. The molecular weight excluding hydrogens is 546 g/mol. The van der Waals surface area contributed by atoms with Gasteiger partial charge in [-0.15, -0.1) is 6.58 Å². The van der Waals surface area contributed by atoms with Crippen LogP contribution in [0, 0.1) is 0 Å². The van der Waals surface area contributed by atoms with Gasteiger partial charge in [0.15, 0.2) is 6.29 Å². The van der Waals surface area contributed by atoms with Crippen molar-refractivity contribution in [2.75, 3.05) is 67.4 Å². The lowest BCUT2D eigenvalue weighted by molar-refractivity contribution is -0.124. The first-order valence-corrected chi connectivity index (χ1v) is 14.0. The van der Waals surface area contributed by atoms with E-state index in [0.717, 1.165) is 24.3 Å². The first-order valence-electron chi connectivity index (χ1n) is 14.0. The van der Waals surface area contributed by atoms with Crippen LogP contribution >= 0.6 is 0 Å². The minimum atomic E-state index is -0.931. The SMILES string of the molecule is C=CCCC(C(=O)NC)N1C(=O)c2cccc(OCC=O)c2C1=O.CCCCOC.CNCCOCCOCCC=O. The second-order valence-corrected chi connectivity index (χ2v) is 8.76. The van der Waals surface area contributed by atoms with Crippen LogP contribution in [0.2, 0.25) is 0 Å². The van der Waals surface area contributed by atoms with E-state index in [2.05, 4.69) is 24.1 Å². The number of likely N-dealkylation sites (N-methyl/N-ethyl adjacent to an activating group) is 2. The number of imide groups is 1. The molecule has 12 nitrogen and oxygen atoms in total. The molecule has 0 saturated heterocycles. The van der Waals surface area contributed by atoms with Crippen molar-refractivity contribution in [3.63, 3.8) is 0 Å². The van der Waals surface area contributed by atoms with Gasteiger partial charge in [0.25, 0.3) is 11.8 Å². The normalized spacial score (nSPS) is 12.2. The Morgan fingerprint density at radius 2 is 1.71 bits per heavy atom. The lowest BCUT2D eigenvalue weighted by Gasteiger charge is -2.24. The van der Waals surface area contributed by atoms with Crippen LogP contribution in [0.15, 0.2) is 30.9 Å². The lowest BCUT2D eigenvalue weighted by Crippen LogP contribution is -2.48. The van der Waals surface area contributed by atoms with Gasteiger partial charge in [0.1, 0.15) is 24.7 Å². The summed E-state index contributed by atoms with van der Waals surface area (Å²) in [4.78, 5) is 58.8. The molecule has 3 amide bonds. The summed E-state index contributed by atoms with van der Waals surface area (Å²) < 4.78 is 20.3. The van der Waals surface area contributed by atoms with Crippen LogP contribution in [0.5, 0.6) is 5.75 Å². The fraction of sp³-hybridized carbons (Fsp3) is 0.567. The zero-order chi connectivity index (χ0) is 31.6. The van der Waals surface area contributed by atoms with E-state index in [-0.39, 0.29) is 29.9 Å². The molecule has 0 spiro atoms. The number of hydrogen-bond acceptors (Lipinski definition) is 10. The number of benzene rings is 1. The topological polar surface area (TPSA) is 150 Å². The minimum Gasteiger partial charge on any atom is -0.485 e. The van der Waals surface area contributed by atoms with Gasteiger partial charge in [-0.1, -0.05) is 25.5 Å². The number of aldehydes is 2. The summed E-state index contributed by atoms with van der Waals surface area (Å²) in [5, 5.41) is 5.44. The summed E-state index contributed by atoms with van der Waals surface area (Å²) >= 11 is 0. The number of carbonyl (C=O) groups excluding carboxylic acids is 5. The van der Waals surface area contributed by atoms with Gasteiger partial charge in [-0.05, 0) is 38.4 Å². The van der Waals surface area contributed by atoms with Crippen LogP contribution in [0.1, 0.15) is 59.7 Å². The maximum absolute atomic E-state index is 12.7. The highest BCUT2D eigenvalue weighted by atomic mass is 16.5. The Morgan fingerprint density at radius 3 is 2.26 bits per heavy atom. The summed E-state index contributed by atoms with van der Waals surface area (Å²) in [6.07, 6.45) is 6.66. The van der Waals surface area contributed by atoms with Gasteiger partial charge in [-0.2, -0.15) is 0 Å². The Morgan fingerprint density at radius 1 is 1.00 bits per heavy atom. The maximum Gasteiger partial charge on any atom is 0.266 e. The van der Waals surface area contributed by atoms with Gasteiger partial charge < -0.3 is 34.4 Å². The Kier molecular flexibility index (Phi) is 23.2. The zero-order valence-electron chi connectivity index (χ0n) is 25.4. The molecule has 1 aromatic carbocycles. The number of allylic oxidation sites excluding steroid dienone is 1. The molecule has 0 radical (unpaired) electrons. The van der Waals surface area contributed by atoms with Crippen molar-refractivity contribution in [3.05, 3.63) is 42.0 Å². The molecule has 1 unspecified atom stereocenters. The third-order valence-electron chi connectivity index (χ3n) is 5.67. The van der Waals surface area contributed by atoms with Crippen LogP contribution in [0.3, 0.4) is 0 Å². The van der Waals surface area contributed by atoms with E-state index in [0.29, 0.717) is 45.6 Å². The summed E-state index contributed by atoms with van der Waals surface area (Å²) in [7, 11) is 5.06. The summed E-state index contributed by atoms with van der Waals surface area (Å²) in [5.74, 6) is -1.43. The van der Waals surface area contributed by atoms with Crippen LogP contribution in [-0.2, 0) is 28.6 Å². The predicted molar refractivity (Wildman–Crippen MR) is 159 cm³/mol. The summed E-state index contributed by atoms with van der Waals surface area (Å²) in [6, 6.07) is 3.64.